The van der Waals surface area contributed by atoms with E-state index in [0.717, 1.165) is 11.4 Å². The summed E-state index contributed by atoms with van der Waals surface area (Å²) in [5, 5.41) is 0. The summed E-state index contributed by atoms with van der Waals surface area (Å²) in [6.07, 6.45) is 3.80. The standard InChI is InChI=1S/C21H20FN3O3/c1-14-19(4-2-9-24-14)27-10-3-11-28-20-13-25-18(21(23)26)12-17(20)15-5-7-16(22)8-6-15/h2,4-9,12-13H,3,10-11H2,1H3,(H2,23,26). The van der Waals surface area contributed by atoms with Crippen molar-refractivity contribution in [1.82, 2.24) is 9.97 Å². The fourth-order valence-corrected chi connectivity index (χ4v) is 2.59. The van der Waals surface area contributed by atoms with Crippen molar-refractivity contribution in [2.45, 2.75) is 13.3 Å². The normalized spacial score (nSPS) is 10.5. The van der Waals surface area contributed by atoms with E-state index in [4.69, 9.17) is 15.2 Å². The van der Waals surface area contributed by atoms with Gasteiger partial charge in [0.25, 0.3) is 5.91 Å². The second-order valence-corrected chi connectivity index (χ2v) is 6.07. The van der Waals surface area contributed by atoms with Crippen LogP contribution in [0.25, 0.3) is 11.1 Å². The molecule has 3 rings (SSSR count). The third-order valence-corrected chi connectivity index (χ3v) is 4.04. The number of hydrogen-bond donors (Lipinski definition) is 1. The maximum atomic E-state index is 13.2. The highest BCUT2D eigenvalue weighted by Gasteiger charge is 2.12. The van der Waals surface area contributed by atoms with E-state index in [9.17, 15) is 9.18 Å². The molecule has 0 bridgehead atoms. The number of hydrogen-bond acceptors (Lipinski definition) is 5. The Bertz CT molecular complexity index is 961. The van der Waals surface area contributed by atoms with Crippen LogP contribution in [-0.4, -0.2) is 29.1 Å². The first-order valence-electron chi connectivity index (χ1n) is 8.77. The molecule has 0 unspecified atom stereocenters. The average Bonchev–Trinajstić information content (AvgIpc) is 2.69. The second kappa shape index (κ2) is 8.94. The molecule has 0 aliphatic carbocycles. The fourth-order valence-electron chi connectivity index (χ4n) is 2.59. The lowest BCUT2D eigenvalue weighted by molar-refractivity contribution is 0.0995. The molecule has 1 aromatic carbocycles. The number of aromatic nitrogens is 2. The highest BCUT2D eigenvalue weighted by molar-refractivity contribution is 5.92. The topological polar surface area (TPSA) is 87.3 Å². The van der Waals surface area contributed by atoms with Crippen LogP contribution < -0.4 is 15.2 Å². The van der Waals surface area contributed by atoms with E-state index in [2.05, 4.69) is 9.97 Å². The maximum absolute atomic E-state index is 13.2. The third-order valence-electron chi connectivity index (χ3n) is 4.04. The predicted octanol–water partition coefficient (Wildman–Crippen LogP) is 3.54. The van der Waals surface area contributed by atoms with Crippen LogP contribution in [-0.2, 0) is 0 Å². The summed E-state index contributed by atoms with van der Waals surface area (Å²) in [6, 6.07) is 11.1. The summed E-state index contributed by atoms with van der Waals surface area (Å²) in [5.74, 6) is 0.226. The molecule has 2 heterocycles. The molecule has 0 fully saturated rings. The Morgan fingerprint density at radius 1 is 1.07 bits per heavy atom. The van der Waals surface area contributed by atoms with Gasteiger partial charge in [-0.1, -0.05) is 12.1 Å². The molecule has 0 aliphatic rings. The third kappa shape index (κ3) is 4.82. The zero-order valence-corrected chi connectivity index (χ0v) is 15.4. The van der Waals surface area contributed by atoms with Gasteiger partial charge < -0.3 is 15.2 Å². The smallest absolute Gasteiger partial charge is 0.267 e. The lowest BCUT2D eigenvalue weighted by Gasteiger charge is -2.13. The van der Waals surface area contributed by atoms with Crippen LogP contribution in [0, 0.1) is 12.7 Å². The first-order chi connectivity index (χ1) is 13.5. The van der Waals surface area contributed by atoms with Crippen molar-refractivity contribution in [3.63, 3.8) is 0 Å². The van der Waals surface area contributed by atoms with Crippen molar-refractivity contribution in [3.05, 3.63) is 72.1 Å². The summed E-state index contributed by atoms with van der Waals surface area (Å²) in [5.41, 5.74) is 7.57. The monoisotopic (exact) mass is 381 g/mol. The van der Waals surface area contributed by atoms with E-state index in [1.54, 1.807) is 24.4 Å². The van der Waals surface area contributed by atoms with Crippen molar-refractivity contribution < 1.29 is 18.7 Å². The van der Waals surface area contributed by atoms with E-state index >= 15 is 0 Å². The number of amides is 1. The molecule has 0 saturated heterocycles. The molecule has 0 aliphatic heterocycles. The van der Waals surface area contributed by atoms with Crippen molar-refractivity contribution in [2.75, 3.05) is 13.2 Å². The number of benzene rings is 1. The van der Waals surface area contributed by atoms with Gasteiger partial charge in [-0.15, -0.1) is 0 Å². The van der Waals surface area contributed by atoms with Crippen molar-refractivity contribution in [3.8, 4) is 22.6 Å². The van der Waals surface area contributed by atoms with Gasteiger partial charge >= 0.3 is 0 Å². The molecule has 0 atom stereocenters. The number of nitrogens with zero attached hydrogens (tertiary/aromatic N) is 2. The Labute approximate surface area is 162 Å². The van der Waals surface area contributed by atoms with Crippen LogP contribution in [0.15, 0.2) is 54.9 Å². The van der Waals surface area contributed by atoms with Crippen LogP contribution in [0.2, 0.25) is 0 Å². The fraction of sp³-hybridized carbons (Fsp3) is 0.190. The highest BCUT2D eigenvalue weighted by atomic mass is 19.1. The number of rotatable bonds is 8. The Balaban J connectivity index is 1.66. The molecule has 0 saturated carbocycles. The Morgan fingerprint density at radius 2 is 1.79 bits per heavy atom. The van der Waals surface area contributed by atoms with Crippen LogP contribution in [0.4, 0.5) is 4.39 Å². The SMILES string of the molecule is Cc1ncccc1OCCCOc1cnc(C(N)=O)cc1-c1ccc(F)cc1. The molecule has 28 heavy (non-hydrogen) atoms. The first kappa shape index (κ1) is 19.3. The number of ether oxygens (including phenoxy) is 2. The van der Waals surface area contributed by atoms with Crippen molar-refractivity contribution in [2.24, 2.45) is 5.73 Å². The Kier molecular flexibility index (Phi) is 6.16. The number of carbonyl (C=O) groups excluding carboxylic acids is 1. The van der Waals surface area contributed by atoms with Gasteiger partial charge in [0.15, 0.2) is 0 Å². The molecule has 3 aromatic rings. The number of pyridine rings is 2. The minimum Gasteiger partial charge on any atom is -0.492 e. The lowest BCUT2D eigenvalue weighted by Crippen LogP contribution is -2.13. The lowest BCUT2D eigenvalue weighted by atomic mass is 10.0. The highest BCUT2D eigenvalue weighted by Crippen LogP contribution is 2.30. The quantitative estimate of drug-likeness (QED) is 0.603. The summed E-state index contributed by atoms with van der Waals surface area (Å²) in [7, 11) is 0. The van der Waals surface area contributed by atoms with Gasteiger partial charge in [-0.05, 0) is 42.8 Å². The molecule has 7 heteroatoms. The number of primary amides is 1. The minimum absolute atomic E-state index is 0.113. The molecule has 2 N–H and O–H groups in total. The molecule has 2 aromatic heterocycles. The van der Waals surface area contributed by atoms with E-state index in [1.165, 1.54) is 18.3 Å². The van der Waals surface area contributed by atoms with Gasteiger partial charge in [-0.25, -0.2) is 9.37 Å². The van der Waals surface area contributed by atoms with E-state index < -0.39 is 5.91 Å². The molecular formula is C21H20FN3O3. The first-order valence-corrected chi connectivity index (χ1v) is 8.77. The van der Waals surface area contributed by atoms with Crippen LogP contribution >= 0.6 is 0 Å². The summed E-state index contributed by atoms with van der Waals surface area (Å²) in [6.45, 7) is 2.73. The van der Waals surface area contributed by atoms with E-state index in [0.29, 0.717) is 36.5 Å². The Hall–Kier alpha value is -3.48. The number of halogens is 1. The van der Waals surface area contributed by atoms with Crippen molar-refractivity contribution >= 4 is 5.91 Å². The van der Waals surface area contributed by atoms with E-state index in [1.807, 2.05) is 19.1 Å². The van der Waals surface area contributed by atoms with Crippen LogP contribution in [0.1, 0.15) is 22.6 Å². The Morgan fingerprint density at radius 3 is 2.46 bits per heavy atom. The van der Waals surface area contributed by atoms with Gasteiger partial charge in [-0.2, -0.15) is 0 Å². The summed E-state index contributed by atoms with van der Waals surface area (Å²) < 4.78 is 24.7. The van der Waals surface area contributed by atoms with Gasteiger partial charge in [-0.3, -0.25) is 9.78 Å². The van der Waals surface area contributed by atoms with Crippen LogP contribution in [0.3, 0.4) is 0 Å². The number of carbonyl (C=O) groups is 1. The molecule has 6 nitrogen and oxygen atoms in total. The predicted molar refractivity (Wildman–Crippen MR) is 103 cm³/mol. The van der Waals surface area contributed by atoms with Gasteiger partial charge in [0.05, 0.1) is 25.1 Å². The molecular weight excluding hydrogens is 361 g/mol. The largest absolute Gasteiger partial charge is 0.492 e. The summed E-state index contributed by atoms with van der Waals surface area (Å²) in [4.78, 5) is 19.6. The van der Waals surface area contributed by atoms with Gasteiger partial charge in [0.2, 0.25) is 0 Å². The molecule has 144 valence electrons. The average molecular weight is 381 g/mol. The van der Waals surface area contributed by atoms with E-state index in [-0.39, 0.29) is 11.5 Å². The zero-order chi connectivity index (χ0) is 19.9. The van der Waals surface area contributed by atoms with Crippen molar-refractivity contribution in [1.29, 1.82) is 0 Å². The molecule has 0 radical (unpaired) electrons. The van der Waals surface area contributed by atoms with Crippen LogP contribution in [0.5, 0.6) is 11.5 Å². The second-order valence-electron chi connectivity index (χ2n) is 6.07. The minimum atomic E-state index is -0.643. The molecule has 0 spiro atoms. The van der Waals surface area contributed by atoms with Gasteiger partial charge in [0.1, 0.15) is 23.0 Å². The number of nitrogens with two attached hydrogens (primary N) is 1. The molecule has 1 amide bonds. The maximum Gasteiger partial charge on any atom is 0.267 e. The van der Waals surface area contributed by atoms with Gasteiger partial charge in [0, 0.05) is 18.2 Å². The summed E-state index contributed by atoms with van der Waals surface area (Å²) >= 11 is 0. The number of aryl methyl sites for hydroxylation is 1. The zero-order valence-electron chi connectivity index (χ0n) is 15.4.